The van der Waals surface area contributed by atoms with Crippen molar-refractivity contribution in [3.8, 4) is 0 Å². The normalized spacial score (nSPS) is 24.7. The van der Waals surface area contributed by atoms with E-state index in [9.17, 15) is 14.4 Å². The Morgan fingerprint density at radius 1 is 1.35 bits per heavy atom. The molecule has 0 aromatic heterocycles. The molecule has 20 heavy (non-hydrogen) atoms. The van der Waals surface area contributed by atoms with Crippen molar-refractivity contribution in [3.63, 3.8) is 0 Å². The fourth-order valence-corrected chi connectivity index (χ4v) is 2.82. The van der Waals surface area contributed by atoms with Crippen LogP contribution in [-0.2, 0) is 14.4 Å². The van der Waals surface area contributed by atoms with Crippen LogP contribution in [0.3, 0.4) is 0 Å². The molecule has 1 atom stereocenters. The summed E-state index contributed by atoms with van der Waals surface area (Å²) in [4.78, 5) is 37.0. The fourth-order valence-electron chi connectivity index (χ4n) is 2.82. The maximum Gasteiger partial charge on any atom is 0.247 e. The zero-order valence-corrected chi connectivity index (χ0v) is 12.1. The topological polar surface area (TPSA) is 92.5 Å². The zero-order chi connectivity index (χ0) is 14.9. The minimum atomic E-state index is -0.732. The van der Waals surface area contributed by atoms with E-state index in [-0.39, 0.29) is 24.3 Å². The van der Waals surface area contributed by atoms with Crippen molar-refractivity contribution in [2.24, 2.45) is 11.1 Å². The fraction of sp³-hybridized carbons (Fsp3) is 0.786. The number of primary amides is 1. The summed E-state index contributed by atoms with van der Waals surface area (Å²) >= 11 is 0. The Balaban J connectivity index is 1.96. The number of nitrogens with zero attached hydrogens (tertiary/aromatic N) is 1. The molecule has 0 bridgehead atoms. The van der Waals surface area contributed by atoms with Gasteiger partial charge in [0.2, 0.25) is 17.7 Å². The van der Waals surface area contributed by atoms with Crippen molar-refractivity contribution < 1.29 is 14.4 Å². The highest BCUT2D eigenvalue weighted by Gasteiger charge is 2.43. The zero-order valence-electron chi connectivity index (χ0n) is 12.1. The van der Waals surface area contributed by atoms with Crippen molar-refractivity contribution >= 4 is 17.7 Å². The van der Waals surface area contributed by atoms with Crippen molar-refractivity contribution in [2.45, 2.75) is 58.0 Å². The molecular weight excluding hydrogens is 258 g/mol. The first-order valence-electron chi connectivity index (χ1n) is 7.22. The van der Waals surface area contributed by atoms with Gasteiger partial charge in [0.05, 0.1) is 17.9 Å². The van der Waals surface area contributed by atoms with E-state index >= 15 is 0 Å². The van der Waals surface area contributed by atoms with Crippen LogP contribution in [0.4, 0.5) is 0 Å². The summed E-state index contributed by atoms with van der Waals surface area (Å²) in [6, 6.07) is -0.437. The molecule has 112 valence electrons. The number of nitrogens with one attached hydrogen (secondary N) is 1. The molecule has 2 aliphatic rings. The highest BCUT2D eigenvalue weighted by Crippen LogP contribution is 2.28. The van der Waals surface area contributed by atoms with Crippen LogP contribution < -0.4 is 11.1 Å². The lowest BCUT2D eigenvalue weighted by Crippen LogP contribution is -2.47. The minimum Gasteiger partial charge on any atom is -0.369 e. The molecule has 6 heteroatoms. The molecule has 1 aliphatic heterocycles. The van der Waals surface area contributed by atoms with Gasteiger partial charge in [-0.2, -0.15) is 0 Å². The summed E-state index contributed by atoms with van der Waals surface area (Å²) in [5.74, 6) is -0.673. The molecule has 3 N–H and O–H groups in total. The maximum absolute atomic E-state index is 12.3. The molecule has 2 fully saturated rings. The Labute approximate surface area is 119 Å². The highest BCUT2D eigenvalue weighted by atomic mass is 16.2. The largest absolute Gasteiger partial charge is 0.369 e. The first-order valence-corrected chi connectivity index (χ1v) is 7.22. The lowest BCUT2D eigenvalue weighted by Gasteiger charge is -2.24. The van der Waals surface area contributed by atoms with Gasteiger partial charge in [-0.25, -0.2) is 0 Å². The monoisotopic (exact) mass is 281 g/mol. The second-order valence-corrected chi connectivity index (χ2v) is 6.43. The quantitative estimate of drug-likeness (QED) is 0.702. The van der Waals surface area contributed by atoms with Gasteiger partial charge in [-0.3, -0.25) is 19.3 Å². The van der Waals surface area contributed by atoms with E-state index in [1.165, 1.54) is 4.90 Å². The van der Waals surface area contributed by atoms with Crippen LogP contribution in [0, 0.1) is 5.41 Å². The molecule has 2 rings (SSSR count). The Hall–Kier alpha value is -1.43. The standard InChI is InChI=1S/C14H23N3O3/c1-14(2,13(15)20)8-16-10-7-11(18)17(12(10)19)9-5-3-4-6-9/h9-10,16H,3-8H2,1-2H3,(H2,15,20). The summed E-state index contributed by atoms with van der Waals surface area (Å²) in [6.45, 7) is 3.74. The van der Waals surface area contributed by atoms with Gasteiger partial charge < -0.3 is 11.1 Å². The van der Waals surface area contributed by atoms with Crippen molar-refractivity contribution in [2.75, 3.05) is 6.54 Å². The number of hydrogen-bond acceptors (Lipinski definition) is 4. The van der Waals surface area contributed by atoms with Gasteiger partial charge in [0.1, 0.15) is 0 Å². The van der Waals surface area contributed by atoms with E-state index < -0.39 is 17.4 Å². The third kappa shape index (κ3) is 2.85. The van der Waals surface area contributed by atoms with Crippen molar-refractivity contribution in [1.29, 1.82) is 0 Å². The molecule has 0 radical (unpaired) electrons. The van der Waals surface area contributed by atoms with Gasteiger partial charge in [-0.1, -0.05) is 12.8 Å². The Bertz CT molecular complexity index is 427. The average Bonchev–Trinajstić information content (AvgIpc) is 2.95. The number of amides is 3. The summed E-state index contributed by atoms with van der Waals surface area (Å²) in [6.07, 6.45) is 4.17. The number of rotatable bonds is 5. The van der Waals surface area contributed by atoms with E-state index in [0.717, 1.165) is 25.7 Å². The van der Waals surface area contributed by atoms with E-state index in [1.807, 2.05) is 0 Å². The lowest BCUT2D eigenvalue weighted by molar-refractivity contribution is -0.141. The molecule has 1 saturated carbocycles. The van der Waals surface area contributed by atoms with Crippen LogP contribution >= 0.6 is 0 Å². The molecule has 0 aromatic carbocycles. The maximum atomic E-state index is 12.3. The van der Waals surface area contributed by atoms with E-state index in [1.54, 1.807) is 13.8 Å². The van der Waals surface area contributed by atoms with Crippen LogP contribution in [0.25, 0.3) is 0 Å². The SMILES string of the molecule is CC(C)(CNC1CC(=O)N(C2CCCC2)C1=O)C(N)=O. The number of nitrogens with two attached hydrogens (primary N) is 1. The number of hydrogen-bond donors (Lipinski definition) is 2. The van der Waals surface area contributed by atoms with Gasteiger partial charge in [0.15, 0.2) is 0 Å². The van der Waals surface area contributed by atoms with Gasteiger partial charge >= 0.3 is 0 Å². The Morgan fingerprint density at radius 2 is 1.95 bits per heavy atom. The predicted molar refractivity (Wildman–Crippen MR) is 73.5 cm³/mol. The number of likely N-dealkylation sites (tertiary alicyclic amines) is 1. The number of carbonyl (C=O) groups is 3. The van der Waals surface area contributed by atoms with Crippen LogP contribution in [0.1, 0.15) is 46.0 Å². The number of carbonyl (C=O) groups excluding carboxylic acids is 3. The summed E-state index contributed by atoms with van der Waals surface area (Å²) < 4.78 is 0. The third-order valence-electron chi connectivity index (χ3n) is 4.33. The molecule has 1 heterocycles. The summed E-state index contributed by atoms with van der Waals surface area (Å²) in [5, 5.41) is 3.02. The molecule has 3 amide bonds. The molecule has 6 nitrogen and oxygen atoms in total. The predicted octanol–water partition coefficient (Wildman–Crippen LogP) is 0.158. The average molecular weight is 281 g/mol. The minimum absolute atomic E-state index is 0.0750. The van der Waals surface area contributed by atoms with E-state index in [4.69, 9.17) is 5.73 Å². The van der Waals surface area contributed by atoms with Crippen molar-refractivity contribution in [1.82, 2.24) is 10.2 Å². The molecular formula is C14H23N3O3. The lowest BCUT2D eigenvalue weighted by atomic mass is 9.92. The van der Waals surface area contributed by atoms with Gasteiger partial charge in [0.25, 0.3) is 0 Å². The first-order chi connectivity index (χ1) is 9.33. The Kier molecular flexibility index (Phi) is 4.13. The van der Waals surface area contributed by atoms with Crippen LogP contribution in [0.5, 0.6) is 0 Å². The highest BCUT2D eigenvalue weighted by molar-refractivity contribution is 6.05. The van der Waals surface area contributed by atoms with Crippen LogP contribution in [-0.4, -0.2) is 41.2 Å². The van der Waals surface area contributed by atoms with Gasteiger partial charge in [-0.05, 0) is 26.7 Å². The van der Waals surface area contributed by atoms with Gasteiger partial charge in [0, 0.05) is 12.6 Å². The van der Waals surface area contributed by atoms with Crippen molar-refractivity contribution in [3.05, 3.63) is 0 Å². The van der Waals surface area contributed by atoms with Gasteiger partial charge in [-0.15, -0.1) is 0 Å². The Morgan fingerprint density at radius 3 is 2.50 bits per heavy atom. The smallest absolute Gasteiger partial charge is 0.247 e. The molecule has 1 saturated heterocycles. The van der Waals surface area contributed by atoms with E-state index in [0.29, 0.717) is 6.54 Å². The second-order valence-electron chi connectivity index (χ2n) is 6.43. The first kappa shape index (κ1) is 15.0. The summed E-state index contributed by atoms with van der Waals surface area (Å²) in [7, 11) is 0. The molecule has 1 aliphatic carbocycles. The molecule has 0 spiro atoms. The molecule has 1 unspecified atom stereocenters. The van der Waals surface area contributed by atoms with E-state index in [2.05, 4.69) is 5.32 Å². The van der Waals surface area contributed by atoms with Crippen LogP contribution in [0.2, 0.25) is 0 Å². The summed E-state index contributed by atoms with van der Waals surface area (Å²) in [5.41, 5.74) is 4.57. The second kappa shape index (κ2) is 5.52. The number of imide groups is 1. The third-order valence-corrected chi connectivity index (χ3v) is 4.33. The van der Waals surface area contributed by atoms with Crippen LogP contribution in [0.15, 0.2) is 0 Å². The molecule has 0 aromatic rings.